The van der Waals surface area contributed by atoms with Crippen LogP contribution in [0.3, 0.4) is 0 Å². The fourth-order valence-corrected chi connectivity index (χ4v) is 4.88. The number of hydrogen-bond acceptors (Lipinski definition) is 5. The van der Waals surface area contributed by atoms with E-state index < -0.39 is 0 Å². The van der Waals surface area contributed by atoms with Crippen LogP contribution in [0.25, 0.3) is 10.2 Å². The highest BCUT2D eigenvalue weighted by molar-refractivity contribution is 7.22. The first kappa shape index (κ1) is 20.7. The number of hydrogen-bond donors (Lipinski definition) is 1. The summed E-state index contributed by atoms with van der Waals surface area (Å²) in [5, 5.41) is 5.75. The van der Waals surface area contributed by atoms with Gasteiger partial charge in [-0.1, -0.05) is 53.1 Å². The number of unbranched alkanes of at least 4 members (excludes halogenated alkanes) is 2. The number of nitrogens with zero attached hydrogens (tertiary/aromatic N) is 3. The maximum atomic E-state index is 6.15. The molecule has 0 bridgehead atoms. The van der Waals surface area contributed by atoms with Crippen molar-refractivity contribution < 1.29 is 0 Å². The van der Waals surface area contributed by atoms with Gasteiger partial charge in [0.2, 0.25) is 0 Å². The molecule has 154 valence electrons. The highest BCUT2D eigenvalue weighted by Gasteiger charge is 2.17. The van der Waals surface area contributed by atoms with E-state index in [4.69, 9.17) is 23.2 Å². The van der Waals surface area contributed by atoms with Crippen molar-refractivity contribution in [2.24, 2.45) is 0 Å². The first-order chi connectivity index (χ1) is 14.2. The fraction of sp³-hybridized carbons (Fsp3) is 0.409. The summed E-state index contributed by atoms with van der Waals surface area (Å²) >= 11 is 13.9. The second-order valence-electron chi connectivity index (χ2n) is 7.40. The molecule has 3 aromatic rings. The van der Waals surface area contributed by atoms with Crippen LogP contribution in [0.15, 0.2) is 42.5 Å². The molecule has 1 aliphatic heterocycles. The van der Waals surface area contributed by atoms with Crippen LogP contribution in [0.1, 0.15) is 19.3 Å². The number of nitrogens with one attached hydrogen (secondary N) is 1. The largest absolute Gasteiger partial charge is 0.369 e. The van der Waals surface area contributed by atoms with Gasteiger partial charge in [0, 0.05) is 38.4 Å². The van der Waals surface area contributed by atoms with Crippen LogP contribution in [0.4, 0.5) is 10.8 Å². The Morgan fingerprint density at radius 2 is 1.76 bits per heavy atom. The predicted molar refractivity (Wildman–Crippen MR) is 127 cm³/mol. The van der Waals surface area contributed by atoms with Gasteiger partial charge in [-0.2, -0.15) is 0 Å². The zero-order valence-electron chi connectivity index (χ0n) is 16.4. The summed E-state index contributed by atoms with van der Waals surface area (Å²) in [6, 6.07) is 14.2. The number of rotatable bonds is 8. The monoisotopic (exact) mass is 448 g/mol. The number of fused-ring (bicyclic) bond motifs is 1. The summed E-state index contributed by atoms with van der Waals surface area (Å²) in [5.74, 6) is 0. The van der Waals surface area contributed by atoms with E-state index >= 15 is 0 Å². The Kier molecular flexibility index (Phi) is 7.14. The van der Waals surface area contributed by atoms with Crippen molar-refractivity contribution in [2.45, 2.75) is 19.3 Å². The molecule has 4 rings (SSSR count). The first-order valence-corrected chi connectivity index (χ1v) is 11.8. The van der Waals surface area contributed by atoms with Crippen LogP contribution in [-0.4, -0.2) is 49.2 Å². The molecule has 4 nitrogen and oxygen atoms in total. The van der Waals surface area contributed by atoms with Gasteiger partial charge in [0.25, 0.3) is 0 Å². The van der Waals surface area contributed by atoms with Crippen molar-refractivity contribution in [2.75, 3.05) is 49.5 Å². The standard InChI is InChI=1S/C22H26Cl2N4S/c23-18-9-8-17(16-19(18)24)28-14-12-27(13-15-28)11-5-1-4-10-25-22-26-20-6-2-3-7-21(20)29-22/h2-3,6-9,16H,1,4-5,10-15H2,(H,25,26). The minimum absolute atomic E-state index is 0.617. The molecule has 7 heteroatoms. The molecule has 29 heavy (non-hydrogen) atoms. The molecule has 0 amide bonds. The van der Waals surface area contributed by atoms with E-state index in [0.717, 1.165) is 43.4 Å². The maximum Gasteiger partial charge on any atom is 0.183 e. The van der Waals surface area contributed by atoms with Gasteiger partial charge in [-0.05, 0) is 49.7 Å². The number of thiazole rings is 1. The zero-order valence-corrected chi connectivity index (χ0v) is 18.7. The highest BCUT2D eigenvalue weighted by Crippen LogP contribution is 2.28. The van der Waals surface area contributed by atoms with Crippen LogP contribution < -0.4 is 10.2 Å². The summed E-state index contributed by atoms with van der Waals surface area (Å²) in [5.41, 5.74) is 2.25. The molecule has 0 aliphatic carbocycles. The van der Waals surface area contributed by atoms with E-state index in [0.29, 0.717) is 10.0 Å². The molecule has 1 fully saturated rings. The molecule has 0 unspecified atom stereocenters. The lowest BCUT2D eigenvalue weighted by atomic mass is 10.2. The topological polar surface area (TPSA) is 31.4 Å². The van der Waals surface area contributed by atoms with Crippen molar-refractivity contribution >= 4 is 55.6 Å². The molecule has 2 aromatic carbocycles. The van der Waals surface area contributed by atoms with Crippen LogP contribution >= 0.6 is 34.5 Å². The smallest absolute Gasteiger partial charge is 0.183 e. The average Bonchev–Trinajstić information content (AvgIpc) is 3.16. The second-order valence-corrected chi connectivity index (χ2v) is 9.25. The maximum absolute atomic E-state index is 6.15. The SMILES string of the molecule is Clc1ccc(N2CCN(CCCCCNc3nc4ccccc4s3)CC2)cc1Cl. The van der Waals surface area contributed by atoms with Gasteiger partial charge in [0.05, 0.1) is 20.3 Å². The second kappa shape index (κ2) is 9.98. The fourth-order valence-electron chi connectivity index (χ4n) is 3.69. The molecule has 1 aromatic heterocycles. The van der Waals surface area contributed by atoms with Crippen LogP contribution in [0, 0.1) is 0 Å². The Labute approximate surface area is 186 Å². The lowest BCUT2D eigenvalue weighted by Crippen LogP contribution is -2.46. The molecule has 0 spiro atoms. The number of aromatic nitrogens is 1. The number of benzene rings is 2. The molecule has 0 saturated carbocycles. The zero-order chi connectivity index (χ0) is 20.1. The number of piperazine rings is 1. The summed E-state index contributed by atoms with van der Waals surface area (Å²) in [7, 11) is 0. The Balaban J connectivity index is 1.11. The lowest BCUT2D eigenvalue weighted by molar-refractivity contribution is 0.252. The number of halogens is 2. The van der Waals surface area contributed by atoms with E-state index in [1.165, 1.54) is 36.2 Å². The number of anilines is 2. The number of para-hydroxylation sites is 1. The van der Waals surface area contributed by atoms with Gasteiger partial charge in [-0.3, -0.25) is 4.90 Å². The predicted octanol–water partition coefficient (Wildman–Crippen LogP) is 6.01. The third-order valence-corrected chi connectivity index (χ3v) is 7.09. The van der Waals surface area contributed by atoms with Gasteiger partial charge in [-0.25, -0.2) is 4.98 Å². The normalized spacial score (nSPS) is 15.2. The lowest BCUT2D eigenvalue weighted by Gasteiger charge is -2.36. The highest BCUT2D eigenvalue weighted by atomic mass is 35.5. The molecule has 0 radical (unpaired) electrons. The summed E-state index contributed by atoms with van der Waals surface area (Å²) in [4.78, 5) is 9.58. The third kappa shape index (κ3) is 5.54. The first-order valence-electron chi connectivity index (χ1n) is 10.2. The van der Waals surface area contributed by atoms with Gasteiger partial charge in [0.1, 0.15) is 0 Å². The molecule has 0 atom stereocenters. The molecule has 2 heterocycles. The van der Waals surface area contributed by atoms with Crippen molar-refractivity contribution in [1.29, 1.82) is 0 Å². The summed E-state index contributed by atoms with van der Waals surface area (Å²) in [6.07, 6.45) is 3.67. The Morgan fingerprint density at radius 3 is 2.55 bits per heavy atom. The minimum atomic E-state index is 0.617. The Bertz CT molecular complexity index is 904. The molecule has 1 N–H and O–H groups in total. The van der Waals surface area contributed by atoms with Crippen LogP contribution in [0.5, 0.6) is 0 Å². The molecule has 1 saturated heterocycles. The van der Waals surface area contributed by atoms with Gasteiger partial charge in [-0.15, -0.1) is 0 Å². The Morgan fingerprint density at radius 1 is 0.931 bits per heavy atom. The van der Waals surface area contributed by atoms with Gasteiger partial charge < -0.3 is 10.2 Å². The van der Waals surface area contributed by atoms with Crippen molar-refractivity contribution in [3.05, 3.63) is 52.5 Å². The van der Waals surface area contributed by atoms with E-state index in [9.17, 15) is 0 Å². The average molecular weight is 449 g/mol. The minimum Gasteiger partial charge on any atom is -0.369 e. The summed E-state index contributed by atoms with van der Waals surface area (Å²) in [6.45, 7) is 6.45. The van der Waals surface area contributed by atoms with Gasteiger partial charge in [0.15, 0.2) is 5.13 Å². The summed E-state index contributed by atoms with van der Waals surface area (Å²) < 4.78 is 1.25. The van der Waals surface area contributed by atoms with Crippen LogP contribution in [-0.2, 0) is 0 Å². The van der Waals surface area contributed by atoms with E-state index in [1.54, 1.807) is 11.3 Å². The molecular weight excluding hydrogens is 423 g/mol. The van der Waals surface area contributed by atoms with E-state index in [1.807, 2.05) is 18.2 Å². The third-order valence-electron chi connectivity index (χ3n) is 5.36. The molecule has 1 aliphatic rings. The van der Waals surface area contributed by atoms with Crippen molar-refractivity contribution in [1.82, 2.24) is 9.88 Å². The quantitative estimate of drug-likeness (QED) is 0.427. The van der Waals surface area contributed by atoms with Crippen LogP contribution in [0.2, 0.25) is 10.0 Å². The van der Waals surface area contributed by atoms with Gasteiger partial charge >= 0.3 is 0 Å². The van der Waals surface area contributed by atoms with E-state index in [2.05, 4.69) is 44.4 Å². The van der Waals surface area contributed by atoms with E-state index in [-0.39, 0.29) is 0 Å². The van der Waals surface area contributed by atoms with Crippen molar-refractivity contribution in [3.8, 4) is 0 Å². The Hall–Kier alpha value is -1.53. The van der Waals surface area contributed by atoms with Crippen molar-refractivity contribution in [3.63, 3.8) is 0 Å². The molecular formula is C22H26Cl2N4S.